The lowest BCUT2D eigenvalue weighted by Gasteiger charge is -2.19. The van der Waals surface area contributed by atoms with Crippen LogP contribution in [0.3, 0.4) is 0 Å². The first kappa shape index (κ1) is 18.7. The van der Waals surface area contributed by atoms with Crippen molar-refractivity contribution < 1.29 is 0 Å². The maximum absolute atomic E-state index is 3.73. The number of rotatable bonds is 12. The molecule has 0 amide bonds. The third-order valence-electron chi connectivity index (χ3n) is 4.01. The molecule has 1 nitrogen and oxygen atoms in total. The van der Waals surface area contributed by atoms with Gasteiger partial charge in [0.2, 0.25) is 0 Å². The highest BCUT2D eigenvalue weighted by molar-refractivity contribution is 9.10. The zero-order valence-electron chi connectivity index (χ0n) is 13.8. The van der Waals surface area contributed by atoms with E-state index in [4.69, 9.17) is 0 Å². The number of hydrogen-bond acceptors (Lipinski definition) is 1. The smallest absolute Gasteiger partial charge is 0.0207 e. The van der Waals surface area contributed by atoms with Gasteiger partial charge in [-0.15, -0.1) is 0 Å². The maximum atomic E-state index is 3.73. The molecule has 1 N–H and O–H groups in total. The summed E-state index contributed by atoms with van der Waals surface area (Å²) in [5, 5.41) is 3.73. The maximum Gasteiger partial charge on any atom is 0.0207 e. The van der Waals surface area contributed by atoms with Crippen LogP contribution in [-0.4, -0.2) is 12.6 Å². The predicted octanol–water partition coefficient (Wildman–Crippen LogP) is 6.11. The molecule has 21 heavy (non-hydrogen) atoms. The molecule has 1 rings (SSSR count). The van der Waals surface area contributed by atoms with E-state index in [1.807, 2.05) is 0 Å². The molecular formula is C19H32BrN. The minimum Gasteiger partial charge on any atom is -0.314 e. The summed E-state index contributed by atoms with van der Waals surface area (Å²) >= 11 is 3.68. The Kier molecular flexibility index (Phi) is 10.9. The van der Waals surface area contributed by atoms with Crippen LogP contribution in [0.25, 0.3) is 0 Å². The summed E-state index contributed by atoms with van der Waals surface area (Å²) in [6.07, 6.45) is 11.9. The van der Waals surface area contributed by atoms with Crippen molar-refractivity contribution in [2.24, 2.45) is 0 Å². The molecule has 0 aliphatic heterocycles. The molecule has 2 heteroatoms. The number of hydrogen-bond donors (Lipinski definition) is 1. The van der Waals surface area contributed by atoms with Crippen molar-refractivity contribution >= 4 is 15.9 Å². The molecule has 0 radical (unpaired) electrons. The van der Waals surface area contributed by atoms with Gasteiger partial charge < -0.3 is 5.32 Å². The van der Waals surface area contributed by atoms with Crippen LogP contribution in [0.15, 0.2) is 28.7 Å². The number of nitrogens with one attached hydrogen (secondary N) is 1. The van der Waals surface area contributed by atoms with Gasteiger partial charge in [-0.05, 0) is 37.4 Å². The first-order valence-electron chi connectivity index (χ1n) is 8.74. The van der Waals surface area contributed by atoms with Crippen molar-refractivity contribution in [2.45, 2.75) is 77.7 Å². The summed E-state index contributed by atoms with van der Waals surface area (Å²) in [6.45, 7) is 5.65. The van der Waals surface area contributed by atoms with E-state index in [1.165, 1.54) is 61.4 Å². The van der Waals surface area contributed by atoms with Gasteiger partial charge in [0.15, 0.2) is 0 Å². The summed E-state index contributed by atoms with van der Waals surface area (Å²) in [5.41, 5.74) is 1.43. The average molecular weight is 354 g/mol. The van der Waals surface area contributed by atoms with E-state index in [-0.39, 0.29) is 0 Å². The van der Waals surface area contributed by atoms with E-state index in [1.54, 1.807) is 0 Å². The topological polar surface area (TPSA) is 12.0 Å². The van der Waals surface area contributed by atoms with Crippen molar-refractivity contribution in [3.05, 3.63) is 34.3 Å². The molecule has 1 unspecified atom stereocenters. The van der Waals surface area contributed by atoms with E-state index in [0.717, 1.165) is 13.0 Å². The molecule has 0 bridgehead atoms. The van der Waals surface area contributed by atoms with Crippen molar-refractivity contribution in [3.8, 4) is 0 Å². The molecule has 120 valence electrons. The van der Waals surface area contributed by atoms with Crippen LogP contribution in [0.1, 0.15) is 70.8 Å². The molecule has 0 saturated carbocycles. The summed E-state index contributed by atoms with van der Waals surface area (Å²) in [5.74, 6) is 0. The van der Waals surface area contributed by atoms with Crippen LogP contribution in [-0.2, 0) is 6.42 Å². The predicted molar refractivity (Wildman–Crippen MR) is 97.9 cm³/mol. The molecule has 0 saturated heterocycles. The van der Waals surface area contributed by atoms with Crippen LogP contribution < -0.4 is 5.32 Å². The molecule has 0 aromatic heterocycles. The molecular weight excluding hydrogens is 322 g/mol. The second kappa shape index (κ2) is 12.2. The van der Waals surface area contributed by atoms with E-state index < -0.39 is 0 Å². The highest BCUT2D eigenvalue weighted by Crippen LogP contribution is 2.19. The van der Waals surface area contributed by atoms with E-state index in [2.05, 4.69) is 59.4 Å². The zero-order valence-corrected chi connectivity index (χ0v) is 15.4. The van der Waals surface area contributed by atoms with Gasteiger partial charge in [-0.3, -0.25) is 0 Å². The van der Waals surface area contributed by atoms with Gasteiger partial charge in [-0.2, -0.15) is 0 Å². The first-order chi connectivity index (χ1) is 10.3. The Morgan fingerprint density at radius 1 is 0.952 bits per heavy atom. The number of halogens is 1. The van der Waals surface area contributed by atoms with Crippen LogP contribution in [0, 0.1) is 0 Å². The Hall–Kier alpha value is -0.340. The van der Waals surface area contributed by atoms with Crippen LogP contribution in [0.5, 0.6) is 0 Å². The summed E-state index contributed by atoms with van der Waals surface area (Å²) < 4.78 is 1.25. The lowest BCUT2D eigenvalue weighted by atomic mass is 9.99. The molecule has 0 heterocycles. The van der Waals surface area contributed by atoms with E-state index in [9.17, 15) is 0 Å². The van der Waals surface area contributed by atoms with Gasteiger partial charge in [0.25, 0.3) is 0 Å². The average Bonchev–Trinajstić information content (AvgIpc) is 2.50. The van der Waals surface area contributed by atoms with Gasteiger partial charge in [0.05, 0.1) is 0 Å². The monoisotopic (exact) mass is 353 g/mol. The van der Waals surface area contributed by atoms with Crippen LogP contribution in [0.2, 0.25) is 0 Å². The Labute approximate surface area is 140 Å². The van der Waals surface area contributed by atoms with Crippen LogP contribution >= 0.6 is 15.9 Å². The summed E-state index contributed by atoms with van der Waals surface area (Å²) in [6, 6.07) is 9.25. The third kappa shape index (κ3) is 8.63. The van der Waals surface area contributed by atoms with Crippen molar-refractivity contribution in [1.29, 1.82) is 0 Å². The first-order valence-corrected chi connectivity index (χ1v) is 9.54. The highest BCUT2D eigenvalue weighted by Gasteiger charge is 2.10. The molecule has 1 aromatic carbocycles. The van der Waals surface area contributed by atoms with Gasteiger partial charge >= 0.3 is 0 Å². The SMILES string of the molecule is CCCCCCCCC(Cc1ccccc1Br)NCCC. The second-order valence-electron chi connectivity index (χ2n) is 6.00. The highest BCUT2D eigenvalue weighted by atomic mass is 79.9. The molecule has 0 aliphatic carbocycles. The Morgan fingerprint density at radius 2 is 1.67 bits per heavy atom. The molecule has 1 atom stereocenters. The van der Waals surface area contributed by atoms with Crippen LogP contribution in [0.4, 0.5) is 0 Å². The fourth-order valence-corrected chi connectivity index (χ4v) is 3.17. The second-order valence-corrected chi connectivity index (χ2v) is 6.86. The third-order valence-corrected chi connectivity index (χ3v) is 4.79. The fraction of sp³-hybridized carbons (Fsp3) is 0.684. The minimum absolute atomic E-state index is 0.620. The molecule has 0 fully saturated rings. The van der Waals surface area contributed by atoms with Crippen molar-refractivity contribution in [2.75, 3.05) is 6.54 Å². The fourth-order valence-electron chi connectivity index (χ4n) is 2.73. The largest absolute Gasteiger partial charge is 0.314 e. The molecule has 0 aliphatic rings. The van der Waals surface area contributed by atoms with Gasteiger partial charge in [-0.25, -0.2) is 0 Å². The quantitative estimate of drug-likeness (QED) is 0.447. The van der Waals surface area contributed by atoms with Gasteiger partial charge in [-0.1, -0.05) is 86.5 Å². The Bertz CT molecular complexity index is 364. The summed E-state index contributed by atoms with van der Waals surface area (Å²) in [7, 11) is 0. The van der Waals surface area contributed by atoms with E-state index >= 15 is 0 Å². The lowest BCUT2D eigenvalue weighted by molar-refractivity contribution is 0.450. The normalized spacial score (nSPS) is 12.5. The van der Waals surface area contributed by atoms with Crippen molar-refractivity contribution in [3.63, 3.8) is 0 Å². The number of benzene rings is 1. The molecule has 1 aromatic rings. The van der Waals surface area contributed by atoms with Gasteiger partial charge in [0, 0.05) is 10.5 Å². The zero-order chi connectivity index (χ0) is 15.3. The minimum atomic E-state index is 0.620. The van der Waals surface area contributed by atoms with Crippen molar-refractivity contribution in [1.82, 2.24) is 5.32 Å². The molecule has 0 spiro atoms. The van der Waals surface area contributed by atoms with Gasteiger partial charge in [0.1, 0.15) is 0 Å². The standard InChI is InChI=1S/C19H32BrN/c1-3-5-6-7-8-9-13-18(21-15-4-2)16-17-12-10-11-14-19(17)20/h10-12,14,18,21H,3-9,13,15-16H2,1-2H3. The Morgan fingerprint density at radius 3 is 2.38 bits per heavy atom. The summed E-state index contributed by atoms with van der Waals surface area (Å²) in [4.78, 5) is 0. The number of unbranched alkanes of at least 4 members (excludes halogenated alkanes) is 5. The van der Waals surface area contributed by atoms with E-state index in [0.29, 0.717) is 6.04 Å². The lowest BCUT2D eigenvalue weighted by Crippen LogP contribution is -2.31. The Balaban J connectivity index is 2.35.